The second-order valence-electron chi connectivity index (χ2n) is 25.4. The first-order chi connectivity index (χ1) is 39.0. The zero-order chi connectivity index (χ0) is 61.5. The summed E-state index contributed by atoms with van der Waals surface area (Å²) in [5, 5.41) is 48.8. The molecule has 0 radical (unpaired) electrons. The summed E-state index contributed by atoms with van der Waals surface area (Å²) in [6, 6.07) is 5.01. The Hall–Kier alpha value is -3.68. The van der Waals surface area contributed by atoms with Crippen molar-refractivity contribution in [1.29, 1.82) is 0 Å². The highest BCUT2D eigenvalue weighted by atomic mass is 16.7. The van der Waals surface area contributed by atoms with E-state index in [2.05, 4.69) is 9.80 Å². The molecule has 0 amide bonds. The number of nitrogens with zero attached hydrogens (tertiary/aromatic N) is 5. The van der Waals surface area contributed by atoms with E-state index in [0.717, 1.165) is 56.6 Å². The first-order valence-corrected chi connectivity index (χ1v) is 30.5. The number of benzene rings is 1. The molecule has 0 aliphatic carbocycles. The van der Waals surface area contributed by atoms with Gasteiger partial charge in [0.1, 0.15) is 35.1 Å². The molecule has 0 spiro atoms. The standard InChI is InChI=1S/C62H103N5O16/c1-17-48-62(12,75)54(71)41(8)64(15)35-37(4)33-60(10,74)55(83-59-52(70)47(63(13)14)31-38(5)78-59)39(6)53(40(7)57(72)80-48)82-50-34-61(11,76-16)56(42(9)79-50)81-49(68)24-26-66-29-27-65(28-30-66)25-20-21-43-22-23-46-44(32-43)51(69)45(36-67(46)18-2)58(73)77-19-3/h22-23,32,36-42,47-48,50,52-56,59,70-71,74-75H,17-21,24-31,33-35H2,1-16H3/t37-,38-,39+,40-,41-,42+,47+,48-,50+,52-,53+,54-,55-,56+,59+,60-,61-,62-/m1/s1. The fraction of sp³-hybridized carbons (Fsp3) is 0.806. The van der Waals surface area contributed by atoms with Gasteiger partial charge >= 0.3 is 17.9 Å². The molecule has 1 aromatic carbocycles. The molecule has 4 saturated heterocycles. The van der Waals surface area contributed by atoms with Crippen LogP contribution in [0.2, 0.25) is 0 Å². The second-order valence-corrected chi connectivity index (χ2v) is 25.4. The quantitative estimate of drug-likeness (QED) is 0.118. The Morgan fingerprint density at radius 1 is 0.880 bits per heavy atom. The number of carbonyl (C=O) groups excluding carboxylic acids is 3. The predicted molar refractivity (Wildman–Crippen MR) is 314 cm³/mol. The van der Waals surface area contributed by atoms with E-state index in [1.165, 1.54) is 6.92 Å². The number of aryl methyl sites for hydroxylation is 2. The number of aromatic nitrogens is 1. The summed E-state index contributed by atoms with van der Waals surface area (Å²) in [6.45, 7) is 27.2. The molecular formula is C62H103N5O16. The van der Waals surface area contributed by atoms with Crippen molar-refractivity contribution in [3.05, 3.63) is 45.7 Å². The maximum absolute atomic E-state index is 14.7. The molecule has 21 nitrogen and oxygen atoms in total. The van der Waals surface area contributed by atoms with Gasteiger partial charge in [-0.15, -0.1) is 0 Å². The lowest BCUT2D eigenvalue weighted by atomic mass is 9.77. The molecule has 2 aromatic rings. The monoisotopic (exact) mass is 1170 g/mol. The normalized spacial score (nSPS) is 37.0. The van der Waals surface area contributed by atoms with Crippen molar-refractivity contribution in [1.82, 2.24) is 24.2 Å². The molecule has 5 heterocycles. The minimum Gasteiger partial charge on any atom is -0.462 e. The number of esters is 3. The van der Waals surface area contributed by atoms with E-state index in [4.69, 9.17) is 37.9 Å². The van der Waals surface area contributed by atoms with Crippen molar-refractivity contribution in [3.63, 3.8) is 0 Å². The van der Waals surface area contributed by atoms with Crippen LogP contribution in [0.1, 0.15) is 138 Å². The molecule has 6 rings (SSSR count). The van der Waals surface area contributed by atoms with Crippen LogP contribution in [0.5, 0.6) is 0 Å². The highest BCUT2D eigenvalue weighted by molar-refractivity contribution is 5.94. The van der Waals surface area contributed by atoms with Gasteiger partial charge in [-0.1, -0.05) is 26.8 Å². The van der Waals surface area contributed by atoms with Crippen molar-refractivity contribution in [2.45, 2.75) is 225 Å². The maximum atomic E-state index is 14.7. The largest absolute Gasteiger partial charge is 0.462 e. The van der Waals surface area contributed by atoms with Crippen LogP contribution in [0.3, 0.4) is 0 Å². The van der Waals surface area contributed by atoms with Gasteiger partial charge in [-0.3, -0.25) is 14.4 Å². The van der Waals surface area contributed by atoms with Crippen LogP contribution in [0, 0.1) is 17.8 Å². The van der Waals surface area contributed by atoms with Gasteiger partial charge < -0.3 is 82.5 Å². The highest BCUT2D eigenvalue weighted by Gasteiger charge is 2.54. The Bertz CT molecular complexity index is 2500. The summed E-state index contributed by atoms with van der Waals surface area (Å²) < 4.78 is 52.4. The average Bonchev–Trinajstić information content (AvgIpc) is 3.50. The third-order valence-electron chi connectivity index (χ3n) is 18.4. The maximum Gasteiger partial charge on any atom is 0.343 e. The SMILES string of the molecule is CCOC(=O)c1cn(CC)c2ccc(CCCN3CCN(CCC(=O)O[C@H]4[C@H](C)O[C@@H](O[C@H]5[C@H](C)[C@@H](O[C@@H]6O[C@H](C)C[C@H](N(C)C)[C@H]6O)[C@](C)(O)C[C@@H](C)CN(C)[C@H](C)[C@@H](O)[C@](C)(O)[C@@H](CC)OC(=O)[C@@H]5C)C[C@@]4(C)OC)CC3)cc2c1=O. The van der Waals surface area contributed by atoms with E-state index >= 15 is 0 Å². The van der Waals surface area contributed by atoms with Crippen LogP contribution in [0.25, 0.3) is 10.9 Å². The predicted octanol–water partition coefficient (Wildman–Crippen LogP) is 4.60. The second kappa shape index (κ2) is 29.3. The zero-order valence-corrected chi connectivity index (χ0v) is 52.7. The Morgan fingerprint density at radius 2 is 1.54 bits per heavy atom. The van der Waals surface area contributed by atoms with E-state index in [0.29, 0.717) is 31.4 Å². The summed E-state index contributed by atoms with van der Waals surface area (Å²) in [4.78, 5) is 62.9. The van der Waals surface area contributed by atoms with Gasteiger partial charge in [-0.25, -0.2) is 4.79 Å². The number of rotatable bonds is 18. The van der Waals surface area contributed by atoms with Gasteiger partial charge in [0.2, 0.25) is 5.43 Å². The van der Waals surface area contributed by atoms with Crippen molar-refractivity contribution in [3.8, 4) is 0 Å². The van der Waals surface area contributed by atoms with Crippen molar-refractivity contribution in [2.75, 3.05) is 80.7 Å². The third-order valence-corrected chi connectivity index (χ3v) is 18.4. The number of aliphatic hydroxyl groups is 4. The molecule has 4 aliphatic heterocycles. The van der Waals surface area contributed by atoms with Crippen LogP contribution in [0.4, 0.5) is 0 Å². The highest BCUT2D eigenvalue weighted by Crippen LogP contribution is 2.41. The van der Waals surface area contributed by atoms with Crippen LogP contribution < -0.4 is 5.43 Å². The van der Waals surface area contributed by atoms with E-state index in [1.807, 2.05) is 88.3 Å². The molecule has 21 heteroatoms. The Morgan fingerprint density at radius 3 is 2.16 bits per heavy atom. The molecule has 0 unspecified atom stereocenters. The number of aliphatic hydroxyl groups excluding tert-OH is 2. The fourth-order valence-corrected chi connectivity index (χ4v) is 13.4. The van der Waals surface area contributed by atoms with Crippen LogP contribution in [0.15, 0.2) is 29.2 Å². The van der Waals surface area contributed by atoms with Crippen LogP contribution in [-0.2, 0) is 60.4 Å². The Kier molecular flexibility index (Phi) is 24.2. The van der Waals surface area contributed by atoms with Gasteiger partial charge in [-0.2, -0.15) is 0 Å². The number of fused-ring (bicyclic) bond motifs is 1. The van der Waals surface area contributed by atoms with Gasteiger partial charge in [0, 0.05) is 88.9 Å². The lowest BCUT2D eigenvalue weighted by molar-refractivity contribution is -0.318. The number of hydrogen-bond donors (Lipinski definition) is 4. The van der Waals surface area contributed by atoms with Gasteiger partial charge in [0.05, 0.1) is 54.5 Å². The molecule has 4 N–H and O–H groups in total. The van der Waals surface area contributed by atoms with E-state index in [9.17, 15) is 39.6 Å². The first kappa shape index (κ1) is 68.4. The van der Waals surface area contributed by atoms with Crippen LogP contribution in [-0.4, -0.2) is 233 Å². The summed E-state index contributed by atoms with van der Waals surface area (Å²) in [7, 11) is 7.14. The molecule has 4 aliphatic rings. The average molecular weight is 1170 g/mol. The fourth-order valence-electron chi connectivity index (χ4n) is 13.4. The Labute approximate surface area is 493 Å². The molecule has 1 aromatic heterocycles. The molecule has 4 fully saturated rings. The smallest absolute Gasteiger partial charge is 0.343 e. The number of likely N-dealkylation sites (N-methyl/N-ethyl adjacent to an activating group) is 2. The summed E-state index contributed by atoms with van der Waals surface area (Å²) in [5.74, 6) is -3.83. The number of pyridine rings is 1. The molecule has 0 saturated carbocycles. The van der Waals surface area contributed by atoms with E-state index in [-0.39, 0.29) is 61.3 Å². The lowest BCUT2D eigenvalue weighted by Crippen LogP contribution is -2.61. The topological polar surface area (TPSA) is 241 Å². The summed E-state index contributed by atoms with van der Waals surface area (Å²) >= 11 is 0. The minimum absolute atomic E-state index is 0.0431. The van der Waals surface area contributed by atoms with E-state index < -0.39 is 108 Å². The number of methoxy groups -OCH3 is 1. The lowest BCUT2D eigenvalue weighted by Gasteiger charge is -2.49. The Balaban J connectivity index is 1.13. The van der Waals surface area contributed by atoms with Gasteiger partial charge in [0.15, 0.2) is 18.7 Å². The van der Waals surface area contributed by atoms with E-state index in [1.54, 1.807) is 54.8 Å². The summed E-state index contributed by atoms with van der Waals surface area (Å²) in [5.41, 5.74) is -3.06. The molecular weight excluding hydrogens is 1070 g/mol. The number of cyclic esters (lactones) is 1. The molecule has 0 bridgehead atoms. The summed E-state index contributed by atoms with van der Waals surface area (Å²) in [6.07, 6.45) is -5.45. The number of piperazine rings is 1. The van der Waals surface area contributed by atoms with Crippen molar-refractivity contribution in [2.24, 2.45) is 17.8 Å². The number of carbonyl (C=O) groups is 3. The number of hydrogen-bond acceptors (Lipinski definition) is 20. The van der Waals surface area contributed by atoms with Crippen molar-refractivity contribution >= 4 is 28.8 Å². The van der Waals surface area contributed by atoms with Crippen molar-refractivity contribution < 1.29 is 72.7 Å². The molecule has 18 atom stereocenters. The first-order valence-electron chi connectivity index (χ1n) is 30.5. The zero-order valence-electron chi connectivity index (χ0n) is 52.7. The minimum atomic E-state index is -1.85. The molecule has 472 valence electrons. The van der Waals surface area contributed by atoms with Crippen LogP contribution >= 0.6 is 0 Å². The number of ether oxygens (including phenoxy) is 8. The van der Waals surface area contributed by atoms with Gasteiger partial charge in [-0.05, 0) is 146 Å². The third kappa shape index (κ3) is 16.5. The van der Waals surface area contributed by atoms with Gasteiger partial charge in [0.25, 0.3) is 0 Å². The molecule has 83 heavy (non-hydrogen) atoms.